The summed E-state index contributed by atoms with van der Waals surface area (Å²) in [7, 11) is 0. The first kappa shape index (κ1) is 20.0. The molecule has 1 saturated heterocycles. The van der Waals surface area contributed by atoms with E-state index in [9.17, 15) is 4.79 Å². The molecule has 0 N–H and O–H groups in total. The molecule has 1 rings (SSSR count). The van der Waals surface area contributed by atoms with Crippen molar-refractivity contribution in [2.45, 2.75) is 79.1 Å². The minimum absolute atomic E-state index is 0.380. The summed E-state index contributed by atoms with van der Waals surface area (Å²) in [6.07, 6.45) is 8.46. The predicted octanol–water partition coefficient (Wildman–Crippen LogP) is 4.77. The van der Waals surface area contributed by atoms with Gasteiger partial charge < -0.3 is 4.90 Å². The number of nitriles is 1. The Balaban J connectivity index is 0.000000486. The second-order valence-electron chi connectivity index (χ2n) is 6.82. The summed E-state index contributed by atoms with van der Waals surface area (Å²) in [5.41, 5.74) is 0. The van der Waals surface area contributed by atoms with E-state index in [2.05, 4.69) is 33.8 Å². The molecule has 122 valence electrons. The summed E-state index contributed by atoms with van der Waals surface area (Å²) in [6, 6.07) is 2.10. The highest BCUT2D eigenvalue weighted by Gasteiger charge is 2.15. The van der Waals surface area contributed by atoms with Gasteiger partial charge in [0, 0.05) is 25.9 Å². The first-order valence-electron chi connectivity index (χ1n) is 8.62. The first-order valence-corrected chi connectivity index (χ1v) is 8.62. The van der Waals surface area contributed by atoms with Crippen molar-refractivity contribution in [1.82, 2.24) is 4.90 Å². The third-order valence-electron chi connectivity index (χ3n) is 3.71. The Morgan fingerprint density at radius 3 is 2.05 bits per heavy atom. The van der Waals surface area contributed by atoms with Gasteiger partial charge in [0.15, 0.2) is 0 Å². The predicted molar refractivity (Wildman–Crippen MR) is 88.8 cm³/mol. The van der Waals surface area contributed by atoms with Gasteiger partial charge >= 0.3 is 0 Å². The van der Waals surface area contributed by atoms with Gasteiger partial charge in [-0.3, -0.25) is 4.79 Å². The molecule has 0 aliphatic carbocycles. The van der Waals surface area contributed by atoms with Gasteiger partial charge in [-0.05, 0) is 43.9 Å². The number of hydrogen-bond acceptors (Lipinski definition) is 2. The molecule has 1 aliphatic heterocycles. The fraction of sp³-hybridized carbons (Fsp3) is 0.889. The van der Waals surface area contributed by atoms with Crippen LogP contribution in [0.3, 0.4) is 0 Å². The van der Waals surface area contributed by atoms with E-state index in [4.69, 9.17) is 5.26 Å². The van der Waals surface area contributed by atoms with E-state index >= 15 is 0 Å². The van der Waals surface area contributed by atoms with Gasteiger partial charge in [0.1, 0.15) is 0 Å². The van der Waals surface area contributed by atoms with Crippen molar-refractivity contribution in [1.29, 1.82) is 5.26 Å². The van der Waals surface area contributed by atoms with Gasteiger partial charge in [0.05, 0.1) is 6.07 Å². The van der Waals surface area contributed by atoms with Crippen molar-refractivity contribution in [3.63, 3.8) is 0 Å². The zero-order valence-electron chi connectivity index (χ0n) is 14.5. The van der Waals surface area contributed by atoms with Crippen LogP contribution in [0.5, 0.6) is 0 Å². The van der Waals surface area contributed by atoms with Gasteiger partial charge in [-0.25, -0.2) is 0 Å². The van der Waals surface area contributed by atoms with E-state index < -0.39 is 0 Å². The largest absolute Gasteiger partial charge is 0.343 e. The summed E-state index contributed by atoms with van der Waals surface area (Å²) in [5, 5.41) is 8.07. The Morgan fingerprint density at radius 1 is 1.05 bits per heavy atom. The fourth-order valence-electron chi connectivity index (χ4n) is 2.32. The third-order valence-corrected chi connectivity index (χ3v) is 3.71. The number of carbonyl (C=O) groups excluding carboxylic acids is 1. The smallest absolute Gasteiger partial charge is 0.222 e. The average Bonchev–Trinajstić information content (AvgIpc) is 2.46. The highest BCUT2D eigenvalue weighted by molar-refractivity contribution is 5.76. The van der Waals surface area contributed by atoms with Crippen LogP contribution in [0, 0.1) is 23.2 Å². The van der Waals surface area contributed by atoms with E-state index in [1.54, 1.807) is 0 Å². The molecule has 1 amide bonds. The van der Waals surface area contributed by atoms with Gasteiger partial charge in [-0.2, -0.15) is 5.26 Å². The highest BCUT2D eigenvalue weighted by atomic mass is 16.2. The molecule has 3 nitrogen and oxygen atoms in total. The standard InChI is InChI=1S/C12H23NO.C6H11N/c1-11(2)7-6-8-12(14)13-9-4-3-5-10-13;1-6(2)4-3-5-7/h11H,3-10H2,1-2H3;6H,3-4H2,1-2H3. The molecular formula is C18H34N2O. The Morgan fingerprint density at radius 2 is 1.62 bits per heavy atom. The van der Waals surface area contributed by atoms with Crippen LogP contribution in [-0.2, 0) is 4.79 Å². The van der Waals surface area contributed by atoms with Crippen LogP contribution >= 0.6 is 0 Å². The normalized spacial score (nSPS) is 14.6. The number of rotatable bonds is 6. The van der Waals surface area contributed by atoms with Crippen molar-refractivity contribution in [2.24, 2.45) is 11.8 Å². The maximum absolute atomic E-state index is 11.7. The number of likely N-dealkylation sites (tertiary alicyclic amines) is 1. The van der Waals surface area contributed by atoms with Crippen molar-refractivity contribution >= 4 is 5.91 Å². The first-order chi connectivity index (χ1) is 9.97. The molecular weight excluding hydrogens is 260 g/mol. The van der Waals surface area contributed by atoms with Crippen LogP contribution in [0.15, 0.2) is 0 Å². The molecule has 1 aliphatic rings. The van der Waals surface area contributed by atoms with Gasteiger partial charge in [-0.1, -0.05) is 34.1 Å². The molecule has 0 saturated carbocycles. The molecule has 0 aromatic rings. The number of nitrogens with zero attached hydrogens (tertiary/aromatic N) is 2. The van der Waals surface area contributed by atoms with Crippen molar-refractivity contribution in [3.05, 3.63) is 0 Å². The van der Waals surface area contributed by atoms with E-state index in [0.717, 1.165) is 38.3 Å². The molecule has 0 atom stereocenters. The quantitative estimate of drug-likeness (QED) is 0.708. The van der Waals surface area contributed by atoms with Crippen LogP contribution in [-0.4, -0.2) is 23.9 Å². The highest BCUT2D eigenvalue weighted by Crippen LogP contribution is 2.12. The van der Waals surface area contributed by atoms with Crippen LogP contribution < -0.4 is 0 Å². The summed E-state index contributed by atoms with van der Waals surface area (Å²) >= 11 is 0. The third kappa shape index (κ3) is 12.4. The van der Waals surface area contributed by atoms with Crippen molar-refractivity contribution in [2.75, 3.05) is 13.1 Å². The number of amides is 1. The number of piperidine rings is 1. The Labute approximate surface area is 131 Å². The molecule has 1 heterocycles. The van der Waals surface area contributed by atoms with Gasteiger partial charge in [0.2, 0.25) is 5.91 Å². The maximum atomic E-state index is 11.7. The molecule has 0 aromatic carbocycles. The molecule has 0 aromatic heterocycles. The molecule has 3 heteroatoms. The van der Waals surface area contributed by atoms with E-state index in [0.29, 0.717) is 18.2 Å². The summed E-state index contributed by atoms with van der Waals surface area (Å²) in [4.78, 5) is 13.8. The Kier molecular flexibility index (Phi) is 12.1. The SMILES string of the molecule is CC(C)CCC#N.CC(C)CCCC(=O)N1CCCCC1. The van der Waals surface area contributed by atoms with Crippen LogP contribution in [0.4, 0.5) is 0 Å². The second-order valence-corrected chi connectivity index (χ2v) is 6.82. The van der Waals surface area contributed by atoms with E-state index in [1.165, 1.54) is 25.7 Å². The topological polar surface area (TPSA) is 44.1 Å². The van der Waals surface area contributed by atoms with Crippen LogP contribution in [0.2, 0.25) is 0 Å². The van der Waals surface area contributed by atoms with Crippen LogP contribution in [0.25, 0.3) is 0 Å². The minimum Gasteiger partial charge on any atom is -0.343 e. The molecule has 0 spiro atoms. The zero-order chi connectivity index (χ0) is 16.1. The zero-order valence-corrected chi connectivity index (χ0v) is 14.5. The lowest BCUT2D eigenvalue weighted by molar-refractivity contribution is -0.132. The van der Waals surface area contributed by atoms with E-state index in [-0.39, 0.29) is 0 Å². The lowest BCUT2D eigenvalue weighted by atomic mass is 10.1. The molecule has 1 fully saturated rings. The minimum atomic E-state index is 0.380. The Bertz CT molecular complexity index is 299. The summed E-state index contributed by atoms with van der Waals surface area (Å²) in [5.74, 6) is 1.79. The fourth-order valence-corrected chi connectivity index (χ4v) is 2.32. The van der Waals surface area contributed by atoms with Gasteiger partial charge in [-0.15, -0.1) is 0 Å². The molecule has 0 bridgehead atoms. The summed E-state index contributed by atoms with van der Waals surface area (Å²) < 4.78 is 0. The second kappa shape index (κ2) is 12.7. The van der Waals surface area contributed by atoms with Gasteiger partial charge in [0.25, 0.3) is 0 Å². The van der Waals surface area contributed by atoms with E-state index in [1.807, 2.05) is 4.90 Å². The molecule has 0 radical (unpaired) electrons. The van der Waals surface area contributed by atoms with Crippen LogP contribution in [0.1, 0.15) is 79.1 Å². The number of carbonyl (C=O) groups is 1. The molecule has 0 unspecified atom stereocenters. The Hall–Kier alpha value is -1.04. The summed E-state index contributed by atoms with van der Waals surface area (Å²) in [6.45, 7) is 10.7. The molecule has 21 heavy (non-hydrogen) atoms. The lowest BCUT2D eigenvalue weighted by Gasteiger charge is -2.26. The lowest BCUT2D eigenvalue weighted by Crippen LogP contribution is -2.35. The number of hydrogen-bond donors (Lipinski definition) is 0. The monoisotopic (exact) mass is 294 g/mol. The maximum Gasteiger partial charge on any atom is 0.222 e. The van der Waals surface area contributed by atoms with Crippen molar-refractivity contribution in [3.8, 4) is 6.07 Å². The average molecular weight is 294 g/mol. The van der Waals surface area contributed by atoms with Crippen molar-refractivity contribution < 1.29 is 4.79 Å².